The van der Waals surface area contributed by atoms with Crippen LogP contribution in [0.1, 0.15) is 49.7 Å². The summed E-state index contributed by atoms with van der Waals surface area (Å²) in [6.07, 6.45) is 0.940. The molecule has 0 aliphatic heterocycles. The maximum atomic E-state index is 10.6. The molecule has 0 fully saturated rings. The van der Waals surface area contributed by atoms with E-state index in [-0.39, 0.29) is 11.1 Å². The molecule has 1 rings (SSSR count). The van der Waals surface area contributed by atoms with E-state index < -0.39 is 8.32 Å². The molecule has 1 aromatic carbocycles. The lowest BCUT2D eigenvalue weighted by Gasteiger charge is -2.38. The van der Waals surface area contributed by atoms with E-state index in [0.717, 1.165) is 11.8 Å². The summed E-state index contributed by atoms with van der Waals surface area (Å²) in [7, 11) is -1.74. The molecule has 0 bridgehead atoms. The van der Waals surface area contributed by atoms with Gasteiger partial charge in [0.05, 0.1) is 6.10 Å². The van der Waals surface area contributed by atoms with Gasteiger partial charge in [0, 0.05) is 5.56 Å². The van der Waals surface area contributed by atoms with Crippen molar-refractivity contribution in [2.75, 3.05) is 0 Å². The average molecular weight is 264 g/mol. The van der Waals surface area contributed by atoms with Crippen molar-refractivity contribution in [2.24, 2.45) is 0 Å². The topological polar surface area (TPSA) is 26.3 Å². The van der Waals surface area contributed by atoms with E-state index in [1.54, 1.807) is 0 Å². The highest BCUT2D eigenvalue weighted by Crippen LogP contribution is 2.39. The van der Waals surface area contributed by atoms with Crippen LogP contribution in [0.5, 0.6) is 0 Å². The Hall–Kier alpha value is -0.933. The first-order chi connectivity index (χ1) is 8.17. The van der Waals surface area contributed by atoms with Gasteiger partial charge >= 0.3 is 0 Å². The summed E-state index contributed by atoms with van der Waals surface area (Å²) < 4.78 is 6.31. The maximum Gasteiger partial charge on any atom is 0.192 e. The fourth-order valence-corrected chi connectivity index (χ4v) is 2.91. The Labute approximate surface area is 111 Å². The Morgan fingerprint density at radius 2 is 1.67 bits per heavy atom. The first-order valence-corrected chi connectivity index (χ1v) is 9.31. The molecule has 0 N–H and O–H groups in total. The minimum atomic E-state index is -1.74. The molecular weight excluding hydrogens is 240 g/mol. The molecule has 3 heteroatoms. The highest BCUT2D eigenvalue weighted by atomic mass is 28.4. The molecule has 0 aliphatic rings. The number of hydrogen-bond acceptors (Lipinski definition) is 2. The molecule has 0 saturated carbocycles. The standard InChI is InChI=1S/C15H24O2Si/c1-12(17-18(5,6)15(2,3)4)14-9-7-13(11-16)8-10-14/h7-12H,1-6H3/t12-/m0/s1. The van der Waals surface area contributed by atoms with Crippen LogP contribution in [0, 0.1) is 0 Å². The number of aldehydes is 1. The number of benzene rings is 1. The first-order valence-electron chi connectivity index (χ1n) is 6.40. The van der Waals surface area contributed by atoms with Gasteiger partial charge in [-0.2, -0.15) is 0 Å². The SMILES string of the molecule is C[C@H](O[Si](C)(C)C(C)(C)C)c1ccc(C=O)cc1. The Balaban J connectivity index is 2.81. The second-order valence-corrected chi connectivity index (χ2v) is 11.1. The van der Waals surface area contributed by atoms with Crippen molar-refractivity contribution in [1.29, 1.82) is 0 Å². The Morgan fingerprint density at radius 3 is 2.06 bits per heavy atom. The summed E-state index contributed by atoms with van der Waals surface area (Å²) in [5.41, 5.74) is 1.84. The van der Waals surface area contributed by atoms with Crippen molar-refractivity contribution < 1.29 is 9.22 Å². The largest absolute Gasteiger partial charge is 0.410 e. The van der Waals surface area contributed by atoms with Crippen LogP contribution in [0.25, 0.3) is 0 Å². The van der Waals surface area contributed by atoms with Gasteiger partial charge in [-0.05, 0) is 30.6 Å². The van der Waals surface area contributed by atoms with Gasteiger partial charge in [-0.3, -0.25) is 4.79 Å². The van der Waals surface area contributed by atoms with E-state index in [1.807, 2.05) is 24.3 Å². The van der Waals surface area contributed by atoms with Crippen molar-refractivity contribution >= 4 is 14.6 Å². The highest BCUT2D eigenvalue weighted by Gasteiger charge is 2.38. The van der Waals surface area contributed by atoms with Crippen LogP contribution in [0.2, 0.25) is 18.1 Å². The summed E-state index contributed by atoms with van der Waals surface area (Å²) in [4.78, 5) is 10.6. The lowest BCUT2D eigenvalue weighted by molar-refractivity contribution is 0.112. The van der Waals surface area contributed by atoms with E-state index in [4.69, 9.17) is 4.43 Å². The molecule has 18 heavy (non-hydrogen) atoms. The smallest absolute Gasteiger partial charge is 0.192 e. The third-order valence-electron chi connectivity index (χ3n) is 3.82. The van der Waals surface area contributed by atoms with Crippen LogP contribution in [0.3, 0.4) is 0 Å². The molecule has 0 heterocycles. The molecule has 0 aromatic heterocycles. The normalized spacial score (nSPS) is 14.3. The van der Waals surface area contributed by atoms with E-state index in [0.29, 0.717) is 5.56 Å². The van der Waals surface area contributed by atoms with Crippen LogP contribution < -0.4 is 0 Å². The van der Waals surface area contributed by atoms with E-state index in [9.17, 15) is 4.79 Å². The molecular formula is C15H24O2Si. The van der Waals surface area contributed by atoms with Gasteiger partial charge in [0.1, 0.15) is 6.29 Å². The summed E-state index contributed by atoms with van der Waals surface area (Å²) in [6, 6.07) is 7.63. The quantitative estimate of drug-likeness (QED) is 0.587. The minimum absolute atomic E-state index is 0.0755. The molecule has 0 radical (unpaired) electrons. The lowest BCUT2D eigenvalue weighted by Crippen LogP contribution is -2.41. The molecule has 1 atom stereocenters. The van der Waals surface area contributed by atoms with Gasteiger partial charge in [-0.25, -0.2) is 0 Å². The van der Waals surface area contributed by atoms with Crippen molar-refractivity contribution in [1.82, 2.24) is 0 Å². The monoisotopic (exact) mass is 264 g/mol. The molecule has 1 aromatic rings. The third-order valence-corrected chi connectivity index (χ3v) is 8.37. The second-order valence-electron chi connectivity index (χ2n) is 6.30. The van der Waals surface area contributed by atoms with Crippen LogP contribution in [0.15, 0.2) is 24.3 Å². The predicted molar refractivity (Wildman–Crippen MR) is 78.5 cm³/mol. The Morgan fingerprint density at radius 1 is 1.17 bits per heavy atom. The minimum Gasteiger partial charge on any atom is -0.410 e. The molecule has 0 aliphatic carbocycles. The summed E-state index contributed by atoms with van der Waals surface area (Å²) in [5, 5.41) is 0.212. The zero-order chi connectivity index (χ0) is 14.0. The maximum absolute atomic E-state index is 10.6. The fraction of sp³-hybridized carbons (Fsp3) is 0.533. The molecule has 100 valence electrons. The highest BCUT2D eigenvalue weighted by molar-refractivity contribution is 6.74. The summed E-state index contributed by atoms with van der Waals surface area (Å²) >= 11 is 0. The zero-order valence-corrected chi connectivity index (χ0v) is 13.3. The first kappa shape index (κ1) is 15.1. The van der Waals surface area contributed by atoms with Gasteiger partial charge in [0.2, 0.25) is 0 Å². The molecule has 2 nitrogen and oxygen atoms in total. The average Bonchev–Trinajstić information content (AvgIpc) is 2.27. The van der Waals surface area contributed by atoms with Gasteiger partial charge in [0.25, 0.3) is 0 Å². The van der Waals surface area contributed by atoms with Gasteiger partial charge in [-0.15, -0.1) is 0 Å². The van der Waals surface area contributed by atoms with Crippen molar-refractivity contribution in [2.45, 2.75) is 51.9 Å². The number of rotatable bonds is 4. The molecule has 0 unspecified atom stereocenters. The second kappa shape index (κ2) is 5.37. The predicted octanol–water partition coefficient (Wildman–Crippen LogP) is 4.58. The number of hydrogen-bond donors (Lipinski definition) is 0. The van der Waals surface area contributed by atoms with Gasteiger partial charge < -0.3 is 4.43 Å². The summed E-state index contributed by atoms with van der Waals surface area (Å²) in [6.45, 7) is 13.3. The zero-order valence-electron chi connectivity index (χ0n) is 12.3. The third kappa shape index (κ3) is 3.53. The van der Waals surface area contributed by atoms with Crippen molar-refractivity contribution in [3.63, 3.8) is 0 Å². The molecule has 0 saturated heterocycles. The summed E-state index contributed by atoms with van der Waals surface area (Å²) in [5.74, 6) is 0. The van der Waals surface area contributed by atoms with Crippen LogP contribution in [-0.4, -0.2) is 14.6 Å². The van der Waals surface area contributed by atoms with Gasteiger partial charge in [0.15, 0.2) is 8.32 Å². The van der Waals surface area contributed by atoms with E-state index >= 15 is 0 Å². The van der Waals surface area contributed by atoms with Crippen LogP contribution in [-0.2, 0) is 4.43 Å². The van der Waals surface area contributed by atoms with E-state index in [2.05, 4.69) is 40.8 Å². The Bertz CT molecular complexity index is 401. The van der Waals surface area contributed by atoms with Crippen molar-refractivity contribution in [3.05, 3.63) is 35.4 Å². The van der Waals surface area contributed by atoms with Crippen LogP contribution in [0.4, 0.5) is 0 Å². The molecule has 0 amide bonds. The van der Waals surface area contributed by atoms with E-state index in [1.165, 1.54) is 0 Å². The Kier molecular flexibility index (Phi) is 4.51. The van der Waals surface area contributed by atoms with Crippen molar-refractivity contribution in [3.8, 4) is 0 Å². The van der Waals surface area contributed by atoms with Gasteiger partial charge in [-0.1, -0.05) is 45.0 Å². The fourth-order valence-electron chi connectivity index (χ4n) is 1.53. The molecule has 0 spiro atoms. The van der Waals surface area contributed by atoms with Crippen LogP contribution >= 0.6 is 0 Å². The number of carbonyl (C=O) groups excluding carboxylic acids is 1. The lowest BCUT2D eigenvalue weighted by atomic mass is 10.1. The number of carbonyl (C=O) groups is 1.